The lowest BCUT2D eigenvalue weighted by molar-refractivity contribution is 0.553. The zero-order valence-corrected chi connectivity index (χ0v) is 8.49. The molecule has 0 saturated heterocycles. The summed E-state index contributed by atoms with van der Waals surface area (Å²) >= 11 is 0. The van der Waals surface area contributed by atoms with Crippen molar-refractivity contribution in [3.05, 3.63) is 18.2 Å². The summed E-state index contributed by atoms with van der Waals surface area (Å²) in [4.78, 5) is 4.38. The van der Waals surface area contributed by atoms with Crippen LogP contribution in [0.4, 0.5) is 0 Å². The molecule has 72 valence electrons. The van der Waals surface area contributed by atoms with Crippen LogP contribution in [0.5, 0.6) is 0 Å². The second-order valence-corrected chi connectivity index (χ2v) is 4.54. The van der Waals surface area contributed by atoms with Crippen molar-refractivity contribution in [2.24, 2.45) is 24.1 Å². The molecule has 0 spiro atoms. The van der Waals surface area contributed by atoms with E-state index in [1.807, 2.05) is 19.4 Å². The standard InChI is InChI=1S/C10H17N3/c1-10(2)7(6-11)8(10)9-12-4-5-13(9)3/h4-5,7-8H,6,11H2,1-3H3/t7-,8+/m0/s1. The van der Waals surface area contributed by atoms with E-state index in [-0.39, 0.29) is 0 Å². The highest BCUT2D eigenvalue weighted by Crippen LogP contribution is 2.63. The third kappa shape index (κ3) is 1.10. The second-order valence-electron chi connectivity index (χ2n) is 4.54. The van der Waals surface area contributed by atoms with Crippen LogP contribution in [0.3, 0.4) is 0 Å². The Morgan fingerprint density at radius 2 is 2.31 bits per heavy atom. The van der Waals surface area contributed by atoms with Gasteiger partial charge in [0.1, 0.15) is 5.82 Å². The van der Waals surface area contributed by atoms with E-state index < -0.39 is 0 Å². The van der Waals surface area contributed by atoms with Crippen LogP contribution in [-0.2, 0) is 7.05 Å². The zero-order chi connectivity index (χ0) is 9.64. The smallest absolute Gasteiger partial charge is 0.112 e. The fraction of sp³-hybridized carbons (Fsp3) is 0.700. The Balaban J connectivity index is 2.26. The zero-order valence-electron chi connectivity index (χ0n) is 8.49. The number of aromatic nitrogens is 2. The second kappa shape index (κ2) is 2.58. The molecule has 1 heterocycles. The first-order chi connectivity index (χ1) is 6.09. The van der Waals surface area contributed by atoms with Crippen molar-refractivity contribution in [1.29, 1.82) is 0 Å². The molecule has 0 aromatic carbocycles. The minimum Gasteiger partial charge on any atom is -0.338 e. The minimum absolute atomic E-state index is 0.341. The van der Waals surface area contributed by atoms with Crippen LogP contribution < -0.4 is 5.73 Å². The van der Waals surface area contributed by atoms with E-state index in [9.17, 15) is 0 Å². The SMILES string of the molecule is Cn1ccnc1[C@H]1[C@H](CN)C1(C)C. The maximum absolute atomic E-state index is 5.72. The summed E-state index contributed by atoms with van der Waals surface area (Å²) in [5, 5.41) is 0. The van der Waals surface area contributed by atoms with Crippen molar-refractivity contribution < 1.29 is 0 Å². The van der Waals surface area contributed by atoms with Crippen LogP contribution in [0.15, 0.2) is 12.4 Å². The molecule has 13 heavy (non-hydrogen) atoms. The molecule has 0 amide bonds. The van der Waals surface area contributed by atoms with E-state index in [4.69, 9.17) is 5.73 Å². The Labute approximate surface area is 79.0 Å². The molecule has 2 N–H and O–H groups in total. The number of hydrogen-bond donors (Lipinski definition) is 1. The minimum atomic E-state index is 0.341. The predicted octanol–water partition coefficient (Wildman–Crippen LogP) is 1.12. The van der Waals surface area contributed by atoms with Crippen LogP contribution >= 0.6 is 0 Å². The maximum atomic E-state index is 5.72. The van der Waals surface area contributed by atoms with Gasteiger partial charge in [0.05, 0.1) is 0 Å². The largest absolute Gasteiger partial charge is 0.338 e. The van der Waals surface area contributed by atoms with Gasteiger partial charge in [0.2, 0.25) is 0 Å². The lowest BCUT2D eigenvalue weighted by atomic mass is 10.1. The van der Waals surface area contributed by atoms with Gasteiger partial charge in [-0.1, -0.05) is 13.8 Å². The first kappa shape index (κ1) is 8.75. The van der Waals surface area contributed by atoms with Crippen LogP contribution in [0.25, 0.3) is 0 Å². The number of nitrogens with zero attached hydrogens (tertiary/aromatic N) is 2. The van der Waals surface area contributed by atoms with Crippen molar-refractivity contribution in [3.63, 3.8) is 0 Å². The fourth-order valence-electron chi connectivity index (χ4n) is 2.37. The van der Waals surface area contributed by atoms with Crippen LogP contribution in [0, 0.1) is 11.3 Å². The highest BCUT2D eigenvalue weighted by Gasteiger charge is 2.59. The lowest BCUT2D eigenvalue weighted by Gasteiger charge is -2.02. The van der Waals surface area contributed by atoms with Gasteiger partial charge >= 0.3 is 0 Å². The first-order valence-corrected chi connectivity index (χ1v) is 4.76. The average molecular weight is 179 g/mol. The predicted molar refractivity (Wildman–Crippen MR) is 52.3 cm³/mol. The van der Waals surface area contributed by atoms with Gasteiger partial charge in [-0.3, -0.25) is 0 Å². The molecular formula is C10H17N3. The summed E-state index contributed by atoms with van der Waals surface area (Å²) in [5.41, 5.74) is 6.06. The van der Waals surface area contributed by atoms with E-state index in [0.29, 0.717) is 17.3 Å². The molecule has 1 aromatic rings. The van der Waals surface area contributed by atoms with Crippen molar-refractivity contribution in [2.75, 3.05) is 6.54 Å². The molecule has 2 rings (SSSR count). The van der Waals surface area contributed by atoms with Gasteiger partial charge in [0.15, 0.2) is 0 Å². The number of imidazole rings is 1. The Morgan fingerprint density at radius 3 is 2.69 bits per heavy atom. The highest BCUT2D eigenvalue weighted by atomic mass is 15.1. The molecular weight excluding hydrogens is 162 g/mol. The summed E-state index contributed by atoms with van der Waals surface area (Å²) in [7, 11) is 2.05. The molecule has 0 aliphatic heterocycles. The Hall–Kier alpha value is -0.830. The van der Waals surface area contributed by atoms with Gasteiger partial charge < -0.3 is 10.3 Å². The molecule has 0 bridgehead atoms. The van der Waals surface area contributed by atoms with Gasteiger partial charge in [-0.15, -0.1) is 0 Å². The van der Waals surface area contributed by atoms with E-state index in [0.717, 1.165) is 6.54 Å². The summed E-state index contributed by atoms with van der Waals surface area (Å²) in [6, 6.07) is 0. The average Bonchev–Trinajstić information content (AvgIpc) is 2.41. The summed E-state index contributed by atoms with van der Waals surface area (Å²) in [6.07, 6.45) is 3.86. The van der Waals surface area contributed by atoms with Gasteiger partial charge in [0.25, 0.3) is 0 Å². The molecule has 0 unspecified atom stereocenters. The Morgan fingerprint density at radius 1 is 1.62 bits per heavy atom. The quantitative estimate of drug-likeness (QED) is 0.739. The van der Waals surface area contributed by atoms with Crippen LogP contribution in [-0.4, -0.2) is 16.1 Å². The summed E-state index contributed by atoms with van der Waals surface area (Å²) in [6.45, 7) is 5.30. The Bertz CT molecular complexity index is 314. The monoisotopic (exact) mass is 179 g/mol. The molecule has 1 saturated carbocycles. The third-order valence-corrected chi connectivity index (χ3v) is 3.44. The van der Waals surface area contributed by atoms with Crippen LogP contribution in [0.2, 0.25) is 0 Å². The maximum Gasteiger partial charge on any atom is 0.112 e. The number of aryl methyl sites for hydroxylation is 1. The van der Waals surface area contributed by atoms with Gasteiger partial charge in [-0.25, -0.2) is 4.98 Å². The van der Waals surface area contributed by atoms with Crippen LogP contribution in [0.1, 0.15) is 25.6 Å². The van der Waals surface area contributed by atoms with Crippen molar-refractivity contribution >= 4 is 0 Å². The molecule has 3 nitrogen and oxygen atoms in total. The molecule has 1 aromatic heterocycles. The third-order valence-electron chi connectivity index (χ3n) is 3.44. The van der Waals surface area contributed by atoms with Gasteiger partial charge in [0, 0.05) is 25.4 Å². The fourth-order valence-corrected chi connectivity index (χ4v) is 2.37. The number of hydrogen-bond acceptors (Lipinski definition) is 2. The van der Waals surface area contributed by atoms with Gasteiger partial charge in [-0.05, 0) is 17.9 Å². The summed E-state index contributed by atoms with van der Waals surface area (Å²) in [5.74, 6) is 2.34. The van der Waals surface area contributed by atoms with Crippen molar-refractivity contribution in [1.82, 2.24) is 9.55 Å². The van der Waals surface area contributed by atoms with Crippen molar-refractivity contribution in [2.45, 2.75) is 19.8 Å². The Kier molecular flexibility index (Phi) is 1.74. The molecule has 1 aliphatic rings. The molecule has 2 atom stereocenters. The number of nitrogens with two attached hydrogens (primary N) is 1. The highest BCUT2D eigenvalue weighted by molar-refractivity contribution is 5.22. The molecule has 3 heteroatoms. The molecule has 1 fully saturated rings. The van der Waals surface area contributed by atoms with E-state index in [2.05, 4.69) is 23.4 Å². The molecule has 0 radical (unpaired) electrons. The van der Waals surface area contributed by atoms with Crippen molar-refractivity contribution in [3.8, 4) is 0 Å². The van der Waals surface area contributed by atoms with Gasteiger partial charge in [-0.2, -0.15) is 0 Å². The lowest BCUT2D eigenvalue weighted by Crippen LogP contribution is -2.05. The molecule has 1 aliphatic carbocycles. The first-order valence-electron chi connectivity index (χ1n) is 4.76. The topological polar surface area (TPSA) is 43.8 Å². The normalized spacial score (nSPS) is 30.5. The van der Waals surface area contributed by atoms with E-state index in [1.165, 1.54) is 5.82 Å². The van der Waals surface area contributed by atoms with E-state index in [1.54, 1.807) is 0 Å². The summed E-state index contributed by atoms with van der Waals surface area (Å²) < 4.78 is 2.10. The van der Waals surface area contributed by atoms with E-state index >= 15 is 0 Å². The number of rotatable bonds is 2.